The number of halogens is 1. The third-order valence-corrected chi connectivity index (χ3v) is 8.36. The van der Waals surface area contributed by atoms with Gasteiger partial charge >= 0.3 is 0 Å². The Morgan fingerprint density at radius 3 is 2.54 bits per heavy atom. The van der Waals surface area contributed by atoms with Crippen LogP contribution in [0.5, 0.6) is 0 Å². The van der Waals surface area contributed by atoms with Crippen LogP contribution in [0.4, 0.5) is 5.82 Å². The zero-order valence-corrected chi connectivity index (χ0v) is 23.9. The summed E-state index contributed by atoms with van der Waals surface area (Å²) in [6, 6.07) is 23.9. The first-order valence-electron chi connectivity index (χ1n) is 13.1. The first-order valence-corrected chi connectivity index (χ1v) is 14.5. The van der Waals surface area contributed by atoms with E-state index in [0.29, 0.717) is 17.4 Å². The fourth-order valence-electron chi connectivity index (χ4n) is 4.94. The first kappa shape index (κ1) is 27.0. The highest BCUT2D eigenvalue weighted by Crippen LogP contribution is 2.50. The number of anilines is 1. The van der Waals surface area contributed by atoms with Crippen molar-refractivity contribution < 1.29 is 9.59 Å². The number of carbonyl (C=O) groups excluding carboxylic acids is 2. The summed E-state index contributed by atoms with van der Waals surface area (Å²) in [6.45, 7) is 6.55. The van der Waals surface area contributed by atoms with Gasteiger partial charge in [0.2, 0.25) is 11.8 Å². The maximum Gasteiger partial charge on any atom is 0.240 e. The molecule has 0 radical (unpaired) electrons. The van der Waals surface area contributed by atoms with E-state index in [1.54, 1.807) is 4.90 Å². The van der Waals surface area contributed by atoms with Crippen LogP contribution in [0, 0.1) is 13.8 Å². The van der Waals surface area contributed by atoms with Gasteiger partial charge in [-0.1, -0.05) is 84.8 Å². The molecule has 1 atom stereocenters. The van der Waals surface area contributed by atoms with Crippen molar-refractivity contribution in [1.82, 2.24) is 15.1 Å². The molecule has 2 heterocycles. The van der Waals surface area contributed by atoms with Crippen LogP contribution >= 0.6 is 23.4 Å². The molecule has 1 aliphatic rings. The van der Waals surface area contributed by atoms with Gasteiger partial charge in [-0.3, -0.25) is 14.5 Å². The molecule has 0 unspecified atom stereocenters. The minimum absolute atomic E-state index is 0.0908. The summed E-state index contributed by atoms with van der Waals surface area (Å²) in [5.41, 5.74) is 6.48. The molecular formula is C31H31ClN4O2S. The fraction of sp³-hybridized carbons (Fsp3) is 0.258. The number of benzene rings is 3. The Morgan fingerprint density at radius 1 is 1.08 bits per heavy atom. The van der Waals surface area contributed by atoms with E-state index in [1.807, 2.05) is 92.2 Å². The molecule has 4 aromatic rings. The molecule has 200 valence electrons. The number of hydrogen-bond donors (Lipinski definition) is 1. The minimum Gasteiger partial charge on any atom is -0.355 e. The van der Waals surface area contributed by atoms with Gasteiger partial charge in [-0.05, 0) is 43.5 Å². The van der Waals surface area contributed by atoms with E-state index in [9.17, 15) is 9.59 Å². The molecule has 3 aromatic carbocycles. The molecule has 0 aliphatic carbocycles. The Bertz CT molecular complexity index is 1520. The molecule has 0 spiro atoms. The number of hydrogen-bond acceptors (Lipinski definition) is 4. The summed E-state index contributed by atoms with van der Waals surface area (Å²) in [5, 5.41) is 8.45. The maximum absolute atomic E-state index is 13.8. The van der Waals surface area contributed by atoms with Crippen molar-refractivity contribution in [3.8, 4) is 16.9 Å². The number of thioether (sulfide) groups is 1. The predicted octanol–water partition coefficient (Wildman–Crippen LogP) is 6.50. The normalized spacial score (nSPS) is 15.1. The van der Waals surface area contributed by atoms with Crippen LogP contribution in [0.1, 0.15) is 40.8 Å². The van der Waals surface area contributed by atoms with Gasteiger partial charge in [-0.25, -0.2) is 4.68 Å². The van der Waals surface area contributed by atoms with E-state index in [1.165, 1.54) is 11.8 Å². The first-order chi connectivity index (χ1) is 18.9. The number of nitrogens with one attached hydrogen (secondary N) is 1. The monoisotopic (exact) mass is 558 g/mol. The number of amides is 2. The van der Waals surface area contributed by atoms with Gasteiger partial charge in [0.05, 0.1) is 22.4 Å². The molecule has 5 rings (SSSR count). The molecule has 0 bridgehead atoms. The average molecular weight is 559 g/mol. The molecule has 1 aromatic heterocycles. The minimum atomic E-state index is -0.268. The van der Waals surface area contributed by atoms with E-state index in [2.05, 4.69) is 11.4 Å². The van der Waals surface area contributed by atoms with Gasteiger partial charge in [0, 0.05) is 22.7 Å². The lowest BCUT2D eigenvalue weighted by Gasteiger charge is -2.24. The molecule has 0 saturated heterocycles. The number of rotatable bonds is 7. The van der Waals surface area contributed by atoms with Crippen molar-refractivity contribution in [1.29, 1.82) is 0 Å². The van der Waals surface area contributed by atoms with E-state index < -0.39 is 0 Å². The largest absolute Gasteiger partial charge is 0.355 e. The Morgan fingerprint density at radius 2 is 1.82 bits per heavy atom. The van der Waals surface area contributed by atoms with E-state index in [4.69, 9.17) is 16.7 Å². The molecule has 0 saturated carbocycles. The summed E-state index contributed by atoms with van der Waals surface area (Å²) in [6.07, 6.45) is 0.814. The standard InChI is InChI=1S/C31H31ClN4O2S/c1-4-16-33-26(37)18-35-27(38)19-39-30(23-12-8-9-13-24(23)32)28-29(22-10-6-5-7-11-22)34-36(31(28)35)25-15-14-20(2)17-21(25)3/h5-15,17,30H,4,16,18-19H2,1-3H3,(H,33,37)/t30-/m1/s1. The highest BCUT2D eigenvalue weighted by atomic mass is 35.5. The number of aryl methyl sites for hydroxylation is 2. The van der Waals surface area contributed by atoms with Gasteiger partial charge in [0.25, 0.3) is 0 Å². The second kappa shape index (κ2) is 11.7. The van der Waals surface area contributed by atoms with Crippen molar-refractivity contribution >= 4 is 41.0 Å². The average Bonchev–Trinajstić information content (AvgIpc) is 3.25. The van der Waals surface area contributed by atoms with Crippen molar-refractivity contribution in [3.05, 3.63) is 100 Å². The van der Waals surface area contributed by atoms with Crippen LogP contribution in [0.25, 0.3) is 16.9 Å². The van der Waals surface area contributed by atoms with E-state index >= 15 is 0 Å². The molecule has 2 amide bonds. The van der Waals surface area contributed by atoms with Crippen molar-refractivity contribution in [2.24, 2.45) is 0 Å². The molecule has 39 heavy (non-hydrogen) atoms. The van der Waals surface area contributed by atoms with E-state index in [0.717, 1.165) is 45.6 Å². The smallest absolute Gasteiger partial charge is 0.240 e. The lowest BCUT2D eigenvalue weighted by molar-refractivity contribution is -0.122. The summed E-state index contributed by atoms with van der Waals surface area (Å²) in [5.74, 6) is 0.458. The van der Waals surface area contributed by atoms with Gasteiger partial charge < -0.3 is 5.32 Å². The quantitative estimate of drug-likeness (QED) is 0.281. The SMILES string of the molecule is CCCNC(=O)CN1C(=O)CS[C@H](c2ccccc2Cl)c2c(-c3ccccc3)nn(-c3ccc(C)cc3C)c21. The third-order valence-electron chi connectivity index (χ3n) is 6.78. The summed E-state index contributed by atoms with van der Waals surface area (Å²) < 4.78 is 1.84. The van der Waals surface area contributed by atoms with Gasteiger partial charge in [-0.15, -0.1) is 11.8 Å². The van der Waals surface area contributed by atoms with Crippen molar-refractivity contribution in [2.75, 3.05) is 23.7 Å². The van der Waals surface area contributed by atoms with Crippen LogP contribution in [0.2, 0.25) is 5.02 Å². The second-order valence-electron chi connectivity index (χ2n) is 9.70. The predicted molar refractivity (Wildman–Crippen MR) is 160 cm³/mol. The van der Waals surface area contributed by atoms with Crippen LogP contribution in [-0.2, 0) is 9.59 Å². The van der Waals surface area contributed by atoms with Crippen LogP contribution in [0.15, 0.2) is 72.8 Å². The zero-order valence-electron chi connectivity index (χ0n) is 22.3. The topological polar surface area (TPSA) is 67.2 Å². The van der Waals surface area contributed by atoms with E-state index in [-0.39, 0.29) is 29.4 Å². The molecule has 1 N–H and O–H groups in total. The van der Waals surface area contributed by atoms with Crippen LogP contribution in [-0.4, -0.2) is 40.4 Å². The molecule has 8 heteroatoms. The number of fused-ring (bicyclic) bond motifs is 1. The Balaban J connectivity index is 1.82. The Hall–Kier alpha value is -3.55. The third kappa shape index (κ3) is 5.47. The second-order valence-corrected chi connectivity index (χ2v) is 11.2. The number of aromatic nitrogens is 2. The summed E-state index contributed by atoms with van der Waals surface area (Å²) in [7, 11) is 0. The maximum atomic E-state index is 13.8. The lowest BCUT2D eigenvalue weighted by Crippen LogP contribution is -2.42. The number of nitrogens with zero attached hydrogens (tertiary/aromatic N) is 3. The van der Waals surface area contributed by atoms with Gasteiger partial charge in [-0.2, -0.15) is 5.10 Å². The molecule has 1 aliphatic heterocycles. The summed E-state index contributed by atoms with van der Waals surface area (Å²) >= 11 is 8.27. The molecular weight excluding hydrogens is 528 g/mol. The van der Waals surface area contributed by atoms with Gasteiger partial charge in [0.1, 0.15) is 12.4 Å². The lowest BCUT2D eigenvalue weighted by atomic mass is 9.99. The highest BCUT2D eigenvalue weighted by Gasteiger charge is 2.38. The van der Waals surface area contributed by atoms with Crippen LogP contribution in [0.3, 0.4) is 0 Å². The van der Waals surface area contributed by atoms with Crippen molar-refractivity contribution in [3.63, 3.8) is 0 Å². The van der Waals surface area contributed by atoms with Crippen LogP contribution < -0.4 is 10.2 Å². The fourth-order valence-corrected chi connectivity index (χ4v) is 6.48. The molecule has 0 fully saturated rings. The highest BCUT2D eigenvalue weighted by molar-refractivity contribution is 8.00. The Labute approximate surface area is 238 Å². The number of carbonyl (C=O) groups is 2. The van der Waals surface area contributed by atoms with Crippen molar-refractivity contribution in [2.45, 2.75) is 32.4 Å². The zero-order chi connectivity index (χ0) is 27.5. The molecule has 6 nitrogen and oxygen atoms in total. The van der Waals surface area contributed by atoms with Gasteiger partial charge in [0.15, 0.2) is 0 Å². The summed E-state index contributed by atoms with van der Waals surface area (Å²) in [4.78, 5) is 28.4. The Kier molecular flexibility index (Phi) is 8.10.